The van der Waals surface area contributed by atoms with Crippen molar-refractivity contribution in [3.63, 3.8) is 0 Å². The van der Waals surface area contributed by atoms with Gasteiger partial charge >= 0.3 is 6.03 Å². The summed E-state index contributed by atoms with van der Waals surface area (Å²) in [7, 11) is 0. The van der Waals surface area contributed by atoms with Gasteiger partial charge in [-0.25, -0.2) is 4.79 Å². The van der Waals surface area contributed by atoms with Gasteiger partial charge in [0.05, 0.1) is 6.54 Å². The number of hydrogen-bond donors (Lipinski definition) is 2. The highest BCUT2D eigenvalue weighted by atomic mass is 16.2. The van der Waals surface area contributed by atoms with E-state index < -0.39 is 0 Å². The number of benzene rings is 2. The topological polar surface area (TPSA) is 59.0 Å². The maximum atomic E-state index is 11.9. The van der Waals surface area contributed by atoms with Gasteiger partial charge in [0.2, 0.25) is 0 Å². The Morgan fingerprint density at radius 2 is 1.75 bits per heavy atom. The number of urea groups is 1. The zero-order valence-corrected chi connectivity index (χ0v) is 13.6. The molecule has 0 atom stereocenters. The van der Waals surface area contributed by atoms with Gasteiger partial charge in [-0.2, -0.15) is 5.10 Å². The van der Waals surface area contributed by atoms with Crippen LogP contribution in [0.25, 0.3) is 0 Å². The molecule has 122 valence electrons. The third-order valence-corrected chi connectivity index (χ3v) is 3.64. The molecule has 2 N–H and O–H groups in total. The highest BCUT2D eigenvalue weighted by Gasteiger charge is 2.05. The first-order chi connectivity index (χ1) is 11.7. The van der Waals surface area contributed by atoms with E-state index in [-0.39, 0.29) is 6.03 Å². The number of aromatic nitrogens is 2. The molecule has 3 rings (SSSR count). The molecule has 0 aliphatic rings. The second-order valence-electron chi connectivity index (χ2n) is 5.68. The third-order valence-electron chi connectivity index (χ3n) is 3.64. The minimum Gasteiger partial charge on any atom is -0.334 e. The van der Waals surface area contributed by atoms with Crippen molar-refractivity contribution in [3.05, 3.63) is 83.6 Å². The van der Waals surface area contributed by atoms with Gasteiger partial charge in [0, 0.05) is 18.8 Å². The lowest BCUT2D eigenvalue weighted by Crippen LogP contribution is -2.28. The van der Waals surface area contributed by atoms with Crippen LogP contribution in [0.2, 0.25) is 0 Å². The molecule has 0 aliphatic carbocycles. The monoisotopic (exact) mass is 320 g/mol. The van der Waals surface area contributed by atoms with Crippen molar-refractivity contribution in [2.24, 2.45) is 0 Å². The number of hydrogen-bond acceptors (Lipinski definition) is 2. The Morgan fingerprint density at radius 3 is 2.50 bits per heavy atom. The van der Waals surface area contributed by atoms with E-state index in [9.17, 15) is 4.79 Å². The highest BCUT2D eigenvalue weighted by molar-refractivity contribution is 5.88. The minimum absolute atomic E-state index is 0.263. The van der Waals surface area contributed by atoms with Crippen molar-refractivity contribution in [1.82, 2.24) is 15.1 Å². The third kappa shape index (κ3) is 4.46. The molecule has 0 saturated heterocycles. The lowest BCUT2D eigenvalue weighted by Gasteiger charge is -2.06. The fourth-order valence-corrected chi connectivity index (χ4v) is 2.34. The second kappa shape index (κ2) is 7.46. The van der Waals surface area contributed by atoms with Crippen molar-refractivity contribution in [2.75, 3.05) is 5.32 Å². The van der Waals surface area contributed by atoms with Crippen molar-refractivity contribution in [2.45, 2.75) is 20.0 Å². The van der Waals surface area contributed by atoms with Crippen LogP contribution in [0.15, 0.2) is 66.9 Å². The molecule has 0 saturated carbocycles. The van der Waals surface area contributed by atoms with Crippen LogP contribution < -0.4 is 10.6 Å². The standard InChI is InChI=1S/C19H20N4O/c1-15-7-9-16(10-8-15)13-20-19(24)21-18-11-12-23(22-18)14-17-5-3-2-4-6-17/h2-12H,13-14H2,1H3,(H2,20,21,22,24). The molecule has 0 aliphatic heterocycles. The Labute approximate surface area is 141 Å². The summed E-state index contributed by atoms with van der Waals surface area (Å²) in [5.74, 6) is 0.535. The Bertz CT molecular complexity index is 794. The predicted molar refractivity (Wildman–Crippen MR) is 94.8 cm³/mol. The van der Waals surface area contributed by atoms with Gasteiger partial charge in [-0.15, -0.1) is 0 Å². The van der Waals surface area contributed by atoms with E-state index >= 15 is 0 Å². The maximum Gasteiger partial charge on any atom is 0.320 e. The first-order valence-corrected chi connectivity index (χ1v) is 7.87. The molecule has 0 fully saturated rings. The molecule has 2 aromatic carbocycles. The predicted octanol–water partition coefficient (Wildman–Crippen LogP) is 3.56. The fourth-order valence-electron chi connectivity index (χ4n) is 2.34. The van der Waals surface area contributed by atoms with E-state index in [0.29, 0.717) is 18.9 Å². The van der Waals surface area contributed by atoms with E-state index in [1.54, 1.807) is 10.7 Å². The Balaban J connectivity index is 1.50. The van der Waals surface area contributed by atoms with Gasteiger partial charge in [0.1, 0.15) is 0 Å². The van der Waals surface area contributed by atoms with Crippen molar-refractivity contribution < 1.29 is 4.79 Å². The molecule has 3 aromatic rings. The largest absolute Gasteiger partial charge is 0.334 e. The number of aryl methyl sites for hydroxylation is 1. The van der Waals surface area contributed by atoms with E-state index in [2.05, 4.69) is 15.7 Å². The zero-order chi connectivity index (χ0) is 16.8. The summed E-state index contributed by atoms with van der Waals surface area (Å²) in [4.78, 5) is 11.9. The average Bonchev–Trinajstić information content (AvgIpc) is 3.02. The lowest BCUT2D eigenvalue weighted by molar-refractivity contribution is 0.251. The van der Waals surface area contributed by atoms with E-state index in [4.69, 9.17) is 0 Å². The molecular weight excluding hydrogens is 300 g/mol. The summed E-state index contributed by atoms with van der Waals surface area (Å²) in [5, 5.41) is 9.93. The molecule has 0 spiro atoms. The smallest absolute Gasteiger partial charge is 0.320 e. The summed E-state index contributed by atoms with van der Waals surface area (Å²) >= 11 is 0. The van der Waals surface area contributed by atoms with Crippen molar-refractivity contribution in [1.29, 1.82) is 0 Å². The van der Waals surface area contributed by atoms with E-state index in [0.717, 1.165) is 11.1 Å². The lowest BCUT2D eigenvalue weighted by atomic mass is 10.1. The van der Waals surface area contributed by atoms with Crippen molar-refractivity contribution >= 4 is 11.8 Å². The molecule has 1 aromatic heterocycles. The Hall–Kier alpha value is -3.08. The van der Waals surface area contributed by atoms with Gasteiger partial charge in [0.15, 0.2) is 5.82 Å². The molecule has 24 heavy (non-hydrogen) atoms. The molecule has 0 unspecified atom stereocenters. The second-order valence-corrected chi connectivity index (χ2v) is 5.68. The maximum absolute atomic E-state index is 11.9. The summed E-state index contributed by atoms with van der Waals surface area (Å²) in [5.41, 5.74) is 3.42. The molecular formula is C19H20N4O. The first kappa shape index (κ1) is 15.8. The number of nitrogens with one attached hydrogen (secondary N) is 2. The molecule has 1 heterocycles. The average molecular weight is 320 g/mol. The molecule has 5 nitrogen and oxygen atoms in total. The Kier molecular flexibility index (Phi) is 4.91. The molecule has 5 heteroatoms. The minimum atomic E-state index is -0.263. The Morgan fingerprint density at radius 1 is 1.00 bits per heavy atom. The van der Waals surface area contributed by atoms with Crippen LogP contribution in [0.3, 0.4) is 0 Å². The summed E-state index contributed by atoms with van der Waals surface area (Å²) in [6, 6.07) is 19.7. The van der Waals surface area contributed by atoms with Crippen LogP contribution >= 0.6 is 0 Å². The molecule has 2 amide bonds. The van der Waals surface area contributed by atoms with E-state index in [1.165, 1.54) is 5.56 Å². The van der Waals surface area contributed by atoms with Crippen LogP contribution in [0.1, 0.15) is 16.7 Å². The summed E-state index contributed by atoms with van der Waals surface area (Å²) in [6.45, 7) is 3.19. The van der Waals surface area contributed by atoms with Crippen molar-refractivity contribution in [3.8, 4) is 0 Å². The number of rotatable bonds is 5. The fraction of sp³-hybridized carbons (Fsp3) is 0.158. The van der Waals surface area contributed by atoms with Crippen LogP contribution in [-0.2, 0) is 13.1 Å². The number of nitrogens with zero attached hydrogens (tertiary/aromatic N) is 2. The van der Waals surface area contributed by atoms with Crippen LogP contribution in [-0.4, -0.2) is 15.8 Å². The van der Waals surface area contributed by atoms with Gasteiger partial charge in [-0.3, -0.25) is 10.00 Å². The normalized spacial score (nSPS) is 10.4. The van der Waals surface area contributed by atoms with Gasteiger partial charge in [-0.05, 0) is 18.1 Å². The van der Waals surface area contributed by atoms with Gasteiger partial charge < -0.3 is 5.32 Å². The molecule has 0 radical (unpaired) electrons. The van der Waals surface area contributed by atoms with Crippen LogP contribution in [0.5, 0.6) is 0 Å². The first-order valence-electron chi connectivity index (χ1n) is 7.87. The number of carbonyl (C=O) groups excluding carboxylic acids is 1. The van der Waals surface area contributed by atoms with E-state index in [1.807, 2.05) is 67.7 Å². The number of amides is 2. The number of anilines is 1. The zero-order valence-electron chi connectivity index (χ0n) is 13.6. The molecule has 0 bridgehead atoms. The summed E-state index contributed by atoms with van der Waals surface area (Å²) in [6.07, 6.45) is 1.85. The number of carbonyl (C=O) groups is 1. The quantitative estimate of drug-likeness (QED) is 0.755. The highest BCUT2D eigenvalue weighted by Crippen LogP contribution is 2.07. The van der Waals surface area contributed by atoms with Crippen LogP contribution in [0, 0.1) is 6.92 Å². The van der Waals surface area contributed by atoms with Gasteiger partial charge in [-0.1, -0.05) is 60.2 Å². The van der Waals surface area contributed by atoms with Crippen LogP contribution in [0.4, 0.5) is 10.6 Å². The SMILES string of the molecule is Cc1ccc(CNC(=O)Nc2ccn(Cc3ccccc3)n2)cc1. The van der Waals surface area contributed by atoms with Gasteiger partial charge in [0.25, 0.3) is 0 Å². The summed E-state index contributed by atoms with van der Waals surface area (Å²) < 4.78 is 1.80.